The van der Waals surface area contributed by atoms with E-state index in [2.05, 4.69) is 5.32 Å². The Morgan fingerprint density at radius 2 is 1.96 bits per heavy atom. The maximum absolute atomic E-state index is 12.9. The first-order valence-electron chi connectivity index (χ1n) is 9.13. The van der Waals surface area contributed by atoms with E-state index in [0.717, 1.165) is 43.4 Å². The first-order valence-corrected chi connectivity index (χ1v) is 9.13. The van der Waals surface area contributed by atoms with Gasteiger partial charge in [-0.3, -0.25) is 14.5 Å². The number of likely N-dealkylation sites (tertiary alicyclic amines) is 1. The maximum atomic E-state index is 12.9. The first kappa shape index (κ1) is 20.0. The summed E-state index contributed by atoms with van der Waals surface area (Å²) < 4.78 is 0. The second-order valence-electron chi connectivity index (χ2n) is 7.41. The van der Waals surface area contributed by atoms with Gasteiger partial charge in [0.15, 0.2) is 0 Å². The van der Waals surface area contributed by atoms with Crippen LogP contribution in [-0.2, 0) is 9.59 Å². The van der Waals surface area contributed by atoms with Gasteiger partial charge in [-0.2, -0.15) is 0 Å². The SMILES string of the molecule is CC1CCCCC12NC(=O)N(CC(=O)N1CCCCC1CN)C2=O.Cl. The number of nitrogens with two attached hydrogens (primary N) is 1. The summed E-state index contributed by atoms with van der Waals surface area (Å²) in [6.45, 7) is 2.92. The molecule has 8 heteroatoms. The zero-order chi connectivity index (χ0) is 17.3. The minimum atomic E-state index is -0.801. The van der Waals surface area contributed by atoms with Crippen molar-refractivity contribution in [2.75, 3.05) is 19.6 Å². The first-order chi connectivity index (χ1) is 11.5. The molecule has 7 nitrogen and oxygen atoms in total. The molecular weight excluding hydrogens is 344 g/mol. The summed E-state index contributed by atoms with van der Waals surface area (Å²) in [6.07, 6.45) is 6.51. The van der Waals surface area contributed by atoms with Crippen molar-refractivity contribution in [2.24, 2.45) is 11.7 Å². The zero-order valence-corrected chi connectivity index (χ0v) is 15.6. The Morgan fingerprint density at radius 1 is 1.24 bits per heavy atom. The van der Waals surface area contributed by atoms with Crippen LogP contribution in [0.4, 0.5) is 4.79 Å². The largest absolute Gasteiger partial charge is 0.337 e. The quantitative estimate of drug-likeness (QED) is 0.729. The van der Waals surface area contributed by atoms with Crippen LogP contribution in [0.3, 0.4) is 0 Å². The molecule has 25 heavy (non-hydrogen) atoms. The van der Waals surface area contributed by atoms with E-state index >= 15 is 0 Å². The summed E-state index contributed by atoms with van der Waals surface area (Å²) >= 11 is 0. The van der Waals surface area contributed by atoms with Crippen molar-refractivity contribution in [3.8, 4) is 0 Å². The van der Waals surface area contributed by atoms with E-state index in [0.29, 0.717) is 19.5 Å². The van der Waals surface area contributed by atoms with E-state index in [-0.39, 0.29) is 42.7 Å². The van der Waals surface area contributed by atoms with Crippen molar-refractivity contribution in [1.29, 1.82) is 0 Å². The Balaban J connectivity index is 0.00000225. The second kappa shape index (κ2) is 7.91. The second-order valence-corrected chi connectivity index (χ2v) is 7.41. The molecule has 3 fully saturated rings. The van der Waals surface area contributed by atoms with E-state index < -0.39 is 11.6 Å². The predicted octanol–water partition coefficient (Wildman–Crippen LogP) is 1.25. The third-order valence-electron chi connectivity index (χ3n) is 6.01. The lowest BCUT2D eigenvalue weighted by Crippen LogP contribution is -2.55. The molecule has 4 amide bonds. The number of nitrogens with one attached hydrogen (secondary N) is 1. The van der Waals surface area contributed by atoms with Gasteiger partial charge in [0.2, 0.25) is 5.91 Å². The fourth-order valence-electron chi connectivity index (χ4n) is 4.44. The lowest BCUT2D eigenvalue weighted by molar-refractivity contribution is -0.142. The molecule has 0 radical (unpaired) electrons. The van der Waals surface area contributed by atoms with Gasteiger partial charge in [0.05, 0.1) is 0 Å². The Hall–Kier alpha value is -1.34. The standard InChI is InChI=1S/C17H28N4O3.ClH/c1-12-6-2-4-8-17(12)15(23)21(16(24)19-17)11-14(22)20-9-5-3-7-13(20)10-18;/h12-13H,2-11,18H2,1H3,(H,19,24);1H. The summed E-state index contributed by atoms with van der Waals surface area (Å²) in [5, 5.41) is 2.89. The molecule has 3 atom stereocenters. The fourth-order valence-corrected chi connectivity index (χ4v) is 4.44. The number of rotatable bonds is 3. The normalized spacial score (nSPS) is 32.6. The summed E-state index contributed by atoms with van der Waals surface area (Å²) in [6, 6.07) is -0.405. The van der Waals surface area contributed by atoms with Gasteiger partial charge in [0.1, 0.15) is 12.1 Å². The lowest BCUT2D eigenvalue weighted by atomic mass is 9.73. The number of piperidine rings is 1. The van der Waals surface area contributed by atoms with E-state index in [4.69, 9.17) is 5.73 Å². The number of nitrogens with zero attached hydrogens (tertiary/aromatic N) is 2. The minimum Gasteiger partial charge on any atom is -0.337 e. The fraction of sp³-hybridized carbons (Fsp3) is 0.824. The van der Waals surface area contributed by atoms with Crippen molar-refractivity contribution in [3.63, 3.8) is 0 Å². The molecule has 0 bridgehead atoms. The summed E-state index contributed by atoms with van der Waals surface area (Å²) in [4.78, 5) is 40.8. The minimum absolute atomic E-state index is 0. The average Bonchev–Trinajstić information content (AvgIpc) is 2.82. The molecule has 1 spiro atoms. The molecular formula is C17H29ClN4O3. The Bertz CT molecular complexity index is 544. The molecule has 2 saturated heterocycles. The van der Waals surface area contributed by atoms with Crippen molar-refractivity contribution in [1.82, 2.24) is 15.1 Å². The van der Waals surface area contributed by atoms with Crippen LogP contribution in [0, 0.1) is 5.92 Å². The summed E-state index contributed by atoms with van der Waals surface area (Å²) in [7, 11) is 0. The van der Waals surface area contributed by atoms with E-state index in [1.54, 1.807) is 4.90 Å². The van der Waals surface area contributed by atoms with Crippen molar-refractivity contribution in [2.45, 2.75) is 63.5 Å². The highest BCUT2D eigenvalue weighted by molar-refractivity contribution is 6.09. The van der Waals surface area contributed by atoms with Crippen molar-refractivity contribution < 1.29 is 14.4 Å². The van der Waals surface area contributed by atoms with Gasteiger partial charge in [-0.15, -0.1) is 12.4 Å². The maximum Gasteiger partial charge on any atom is 0.325 e. The van der Waals surface area contributed by atoms with E-state index in [9.17, 15) is 14.4 Å². The summed E-state index contributed by atoms with van der Waals surface area (Å²) in [5.41, 5.74) is 4.97. The third kappa shape index (κ3) is 3.49. The van der Waals surface area contributed by atoms with E-state index in [1.807, 2.05) is 6.92 Å². The van der Waals surface area contributed by atoms with Gasteiger partial charge in [-0.25, -0.2) is 4.79 Å². The highest BCUT2D eigenvalue weighted by atomic mass is 35.5. The number of hydrogen-bond donors (Lipinski definition) is 2. The van der Waals surface area contributed by atoms with Gasteiger partial charge >= 0.3 is 6.03 Å². The Labute approximate surface area is 155 Å². The van der Waals surface area contributed by atoms with Crippen LogP contribution in [0.25, 0.3) is 0 Å². The molecule has 0 aromatic rings. The molecule has 3 rings (SSSR count). The average molecular weight is 373 g/mol. The lowest BCUT2D eigenvalue weighted by Gasteiger charge is -2.37. The molecule has 3 aliphatic rings. The van der Waals surface area contributed by atoms with Crippen molar-refractivity contribution in [3.05, 3.63) is 0 Å². The van der Waals surface area contributed by atoms with Crippen LogP contribution in [0.15, 0.2) is 0 Å². The van der Waals surface area contributed by atoms with Crippen LogP contribution in [-0.4, -0.2) is 58.9 Å². The van der Waals surface area contributed by atoms with Crippen molar-refractivity contribution >= 4 is 30.3 Å². The van der Waals surface area contributed by atoms with Crippen LogP contribution < -0.4 is 11.1 Å². The monoisotopic (exact) mass is 372 g/mol. The van der Waals surface area contributed by atoms with Gasteiger partial charge in [0.25, 0.3) is 5.91 Å². The van der Waals surface area contributed by atoms with Gasteiger partial charge in [-0.05, 0) is 38.0 Å². The molecule has 3 N–H and O–H groups in total. The van der Waals surface area contributed by atoms with Gasteiger partial charge in [-0.1, -0.05) is 19.8 Å². The summed E-state index contributed by atoms with van der Waals surface area (Å²) in [5.74, 6) is -0.293. The topological polar surface area (TPSA) is 95.7 Å². The van der Waals surface area contributed by atoms with Gasteiger partial charge in [0, 0.05) is 19.1 Å². The number of urea groups is 1. The molecule has 0 aromatic heterocycles. The number of imide groups is 1. The van der Waals surface area contributed by atoms with Crippen LogP contribution in [0.1, 0.15) is 51.9 Å². The molecule has 142 valence electrons. The Morgan fingerprint density at radius 3 is 2.64 bits per heavy atom. The number of carbonyl (C=O) groups excluding carboxylic acids is 3. The highest BCUT2D eigenvalue weighted by Crippen LogP contribution is 2.38. The molecule has 1 saturated carbocycles. The Kier molecular flexibility index (Phi) is 6.32. The molecule has 0 aromatic carbocycles. The third-order valence-corrected chi connectivity index (χ3v) is 6.01. The molecule has 2 aliphatic heterocycles. The van der Waals surface area contributed by atoms with Crippen LogP contribution in [0.5, 0.6) is 0 Å². The highest BCUT2D eigenvalue weighted by Gasteiger charge is 2.55. The zero-order valence-electron chi connectivity index (χ0n) is 14.8. The smallest absolute Gasteiger partial charge is 0.325 e. The van der Waals surface area contributed by atoms with Gasteiger partial charge < -0.3 is 16.0 Å². The van der Waals surface area contributed by atoms with Crippen LogP contribution >= 0.6 is 12.4 Å². The predicted molar refractivity (Wildman–Crippen MR) is 96.3 cm³/mol. The molecule has 1 aliphatic carbocycles. The molecule has 3 unspecified atom stereocenters. The number of hydrogen-bond acceptors (Lipinski definition) is 4. The van der Waals surface area contributed by atoms with Crippen LogP contribution in [0.2, 0.25) is 0 Å². The molecule has 2 heterocycles. The number of halogens is 1. The van der Waals surface area contributed by atoms with E-state index in [1.165, 1.54) is 0 Å². The number of carbonyl (C=O) groups is 3. The number of amides is 4.